The molecule has 9 N–H and O–H groups in total. The Morgan fingerprint density at radius 1 is 0.765 bits per heavy atom. The molecule has 0 saturated carbocycles. The molecule has 374 valence electrons. The summed E-state index contributed by atoms with van der Waals surface area (Å²) in [5.74, 6) is -7.37. The number of nitrogen functional groups attached to an aromatic ring is 1. The van der Waals surface area contributed by atoms with Crippen LogP contribution in [0.5, 0.6) is 0 Å². The highest BCUT2D eigenvalue weighted by Gasteiger charge is 2.50. The van der Waals surface area contributed by atoms with Crippen molar-refractivity contribution < 1.29 is 69.2 Å². The van der Waals surface area contributed by atoms with E-state index in [4.69, 9.17) is 15.2 Å². The maximum absolute atomic E-state index is 13.2. The van der Waals surface area contributed by atoms with Crippen LogP contribution in [0.15, 0.2) is 109 Å². The van der Waals surface area contributed by atoms with Crippen LogP contribution in [-0.2, 0) is 28.7 Å². The average molecular weight is 948 g/mol. The molecule has 1 fully saturated rings. The molecule has 2 aliphatic rings. The van der Waals surface area contributed by atoms with Gasteiger partial charge in [-0.3, -0.25) is 24.0 Å². The van der Waals surface area contributed by atoms with E-state index in [0.717, 1.165) is 0 Å². The van der Waals surface area contributed by atoms with Gasteiger partial charge in [-0.05, 0) is 68.2 Å². The average Bonchev–Trinajstić information content (AvgIpc) is 3.24. The summed E-state index contributed by atoms with van der Waals surface area (Å²) >= 11 is 0. The summed E-state index contributed by atoms with van der Waals surface area (Å²) in [6.07, 6.45) is 15.5. The molecule has 0 aromatic heterocycles. The minimum Gasteiger partial charge on any atom is -0.481 e. The number of aliphatic hydroxyl groups excluding tert-OH is 5. The number of nitrogens with two attached hydrogens (primary N) is 1. The molecule has 12 atom stereocenters. The Kier molecular flexibility index (Phi) is 25.0. The zero-order valence-corrected chi connectivity index (χ0v) is 39.5. The Hall–Kier alpha value is -5.13. The molecule has 15 heteroatoms. The highest BCUT2D eigenvalue weighted by atomic mass is 16.6. The molecule has 1 aromatic rings. The fourth-order valence-electron chi connectivity index (χ4n) is 8.52. The van der Waals surface area contributed by atoms with Crippen molar-refractivity contribution in [1.82, 2.24) is 0 Å². The number of hydrogen-bond donors (Lipinski definition) is 8. The third kappa shape index (κ3) is 21.4. The molecule has 0 amide bonds. The van der Waals surface area contributed by atoms with Crippen molar-refractivity contribution in [2.45, 2.75) is 153 Å². The van der Waals surface area contributed by atoms with Crippen LogP contribution in [0, 0.1) is 23.7 Å². The summed E-state index contributed by atoms with van der Waals surface area (Å²) < 4.78 is 11.7. The highest BCUT2D eigenvalue weighted by molar-refractivity contribution is 5.97. The lowest BCUT2D eigenvalue weighted by atomic mass is 9.83. The molecule has 1 saturated heterocycles. The highest BCUT2D eigenvalue weighted by Crippen LogP contribution is 2.37. The molecular formula is C53H73NO14. The number of fused-ring (bicyclic) bond motifs is 2. The smallest absolute Gasteiger partial charge is 0.313 e. The third-order valence-corrected chi connectivity index (χ3v) is 12.2. The number of Topliss-reactive ketones (excluding diaryl/α,β-unsaturated/α-hetero) is 3. The molecule has 1 aromatic carbocycles. The first-order chi connectivity index (χ1) is 32.3. The first kappa shape index (κ1) is 57.2. The van der Waals surface area contributed by atoms with Crippen LogP contribution >= 0.6 is 0 Å². The minimum atomic E-state index is -2.15. The number of carbonyl (C=O) groups excluding carboxylic acids is 4. The fourth-order valence-corrected chi connectivity index (χ4v) is 8.52. The topological polar surface area (TPSA) is 271 Å². The summed E-state index contributed by atoms with van der Waals surface area (Å²) in [6, 6.07) is 6.49. The largest absolute Gasteiger partial charge is 0.481 e. The number of carboxylic acid groups (broad SMARTS) is 1. The summed E-state index contributed by atoms with van der Waals surface area (Å²) in [4.78, 5) is 63.7. The monoisotopic (exact) mass is 948 g/mol. The second-order valence-corrected chi connectivity index (χ2v) is 18.3. The molecule has 0 spiro atoms. The summed E-state index contributed by atoms with van der Waals surface area (Å²) in [5, 5.41) is 74.8. The molecule has 2 bridgehead atoms. The van der Waals surface area contributed by atoms with Crippen LogP contribution in [-0.4, -0.2) is 114 Å². The maximum atomic E-state index is 13.2. The van der Waals surface area contributed by atoms with Crippen molar-refractivity contribution in [3.8, 4) is 0 Å². The zero-order chi connectivity index (χ0) is 50.2. The number of rotatable bonds is 8. The number of carboxylic acids is 1. The Morgan fingerprint density at radius 2 is 1.32 bits per heavy atom. The molecule has 0 radical (unpaired) electrons. The Morgan fingerprint density at radius 3 is 1.93 bits per heavy atom. The second kappa shape index (κ2) is 29.7. The van der Waals surface area contributed by atoms with Crippen molar-refractivity contribution in [2.24, 2.45) is 23.7 Å². The predicted molar refractivity (Wildman–Crippen MR) is 258 cm³/mol. The van der Waals surface area contributed by atoms with E-state index in [0.29, 0.717) is 17.7 Å². The number of esters is 1. The minimum absolute atomic E-state index is 0.0269. The third-order valence-electron chi connectivity index (χ3n) is 12.2. The summed E-state index contributed by atoms with van der Waals surface area (Å²) in [7, 11) is 0. The zero-order valence-electron chi connectivity index (χ0n) is 39.5. The number of cyclic esters (lactones) is 1. The van der Waals surface area contributed by atoms with Gasteiger partial charge in [0.2, 0.25) is 0 Å². The molecule has 2 heterocycles. The second-order valence-electron chi connectivity index (χ2n) is 18.3. The molecular weight excluding hydrogens is 875 g/mol. The van der Waals surface area contributed by atoms with Crippen molar-refractivity contribution in [3.05, 3.63) is 115 Å². The van der Waals surface area contributed by atoms with E-state index in [2.05, 4.69) is 0 Å². The van der Waals surface area contributed by atoms with Gasteiger partial charge in [-0.25, -0.2) is 0 Å². The van der Waals surface area contributed by atoms with Crippen molar-refractivity contribution in [1.29, 1.82) is 0 Å². The molecule has 0 aliphatic carbocycles. The van der Waals surface area contributed by atoms with Gasteiger partial charge >= 0.3 is 11.9 Å². The normalized spacial score (nSPS) is 33.0. The Bertz CT molecular complexity index is 1980. The number of ether oxygens (including phenoxy) is 2. The van der Waals surface area contributed by atoms with Crippen molar-refractivity contribution in [3.63, 3.8) is 0 Å². The number of anilines is 1. The number of allylic oxidation sites excluding steroid dienone is 12. The maximum Gasteiger partial charge on any atom is 0.313 e. The van der Waals surface area contributed by atoms with Gasteiger partial charge in [0.1, 0.15) is 30.0 Å². The lowest BCUT2D eigenvalue weighted by molar-refractivity contribution is -0.300. The molecule has 3 rings (SSSR count). The molecule has 68 heavy (non-hydrogen) atoms. The van der Waals surface area contributed by atoms with Crippen LogP contribution in [0.1, 0.15) is 115 Å². The summed E-state index contributed by atoms with van der Waals surface area (Å²) in [6.45, 7) is 5.62. The molecule has 2 aliphatic heterocycles. The number of aliphatic carboxylic acids is 1. The van der Waals surface area contributed by atoms with Gasteiger partial charge in [-0.15, -0.1) is 0 Å². The first-order valence-corrected chi connectivity index (χ1v) is 23.6. The van der Waals surface area contributed by atoms with Gasteiger partial charge in [-0.1, -0.05) is 106 Å². The van der Waals surface area contributed by atoms with E-state index in [9.17, 15) is 59.7 Å². The quantitative estimate of drug-likeness (QED) is 0.0645. The van der Waals surface area contributed by atoms with Gasteiger partial charge in [0, 0.05) is 62.1 Å². The van der Waals surface area contributed by atoms with Crippen molar-refractivity contribution >= 4 is 35.0 Å². The van der Waals surface area contributed by atoms with Gasteiger partial charge < -0.3 is 51.0 Å². The van der Waals surface area contributed by atoms with Crippen molar-refractivity contribution in [2.75, 3.05) is 5.73 Å². The van der Waals surface area contributed by atoms with E-state index >= 15 is 0 Å². The Balaban J connectivity index is 1.72. The summed E-state index contributed by atoms with van der Waals surface area (Å²) in [5.41, 5.74) is 6.72. The van der Waals surface area contributed by atoms with Crippen LogP contribution in [0.4, 0.5) is 5.69 Å². The predicted octanol–water partition coefficient (Wildman–Crippen LogP) is 5.98. The van der Waals surface area contributed by atoms with Gasteiger partial charge in [0.25, 0.3) is 0 Å². The van der Waals surface area contributed by atoms with E-state index in [-0.39, 0.29) is 92.9 Å². The fraction of sp³-hybridized carbons (Fsp3) is 0.528. The van der Waals surface area contributed by atoms with E-state index < -0.39 is 85.6 Å². The van der Waals surface area contributed by atoms with Gasteiger partial charge in [-0.2, -0.15) is 0 Å². The SMILES string of the molecule is CC1\C=C/C=C\C=C/C=C\C=C/C=C\C=C/C(O)CC2OC(O)(CC(O)CC(O)CCCC(=O)CCCC(=O)CC(=O)OC1C(C)CC(C)C(O)CC(=O)c1ccc(N)cc1)CC(O)C2C(=O)O. The number of hydrogen-bond acceptors (Lipinski definition) is 14. The molecule has 15 nitrogen and oxygen atoms in total. The number of benzene rings is 1. The van der Waals surface area contributed by atoms with Crippen LogP contribution < -0.4 is 5.73 Å². The van der Waals surface area contributed by atoms with Gasteiger partial charge in [0.15, 0.2) is 11.6 Å². The first-order valence-electron chi connectivity index (χ1n) is 23.6. The van der Waals surface area contributed by atoms with Crippen LogP contribution in [0.2, 0.25) is 0 Å². The van der Waals surface area contributed by atoms with Gasteiger partial charge in [0.05, 0.1) is 36.6 Å². The molecule has 12 unspecified atom stereocenters. The van der Waals surface area contributed by atoms with E-state index in [1.54, 1.807) is 60.7 Å². The standard InChI is InChI=1S/C53H73NO14/c1-35-18-14-12-10-8-6-4-5-7-9-11-13-15-19-42(57)30-48-50(52(64)65)47(62)34-53(66,68-48)33-44(59)29-41(56)22-16-20-40(55)21-17-23-43(58)31-49(63)67-51(35)37(3)28-36(2)45(60)32-46(61)38-24-26-39(54)27-25-38/h4-15,18-19,24-27,35-37,41-42,44-45,47-48,50-51,56-57,59-60,62,66H,16-17,20-23,28-34,54H2,1-3H3,(H,64,65)/b5-4-,8-6-,9-7-,12-10-,13-11-,18-14-,19-15-. The van der Waals surface area contributed by atoms with E-state index in [1.165, 1.54) is 6.08 Å². The Labute approximate surface area is 400 Å². The lowest BCUT2D eigenvalue weighted by Gasteiger charge is -2.44. The van der Waals surface area contributed by atoms with Crippen LogP contribution in [0.25, 0.3) is 0 Å². The van der Waals surface area contributed by atoms with Crippen LogP contribution in [0.3, 0.4) is 0 Å². The number of aliphatic hydroxyl groups is 6. The van der Waals surface area contributed by atoms with E-state index in [1.807, 2.05) is 63.3 Å². The lowest BCUT2D eigenvalue weighted by Crippen LogP contribution is -2.56. The number of carbonyl (C=O) groups is 5. The number of ketones is 3.